The molecule has 4 atom stereocenters. The van der Waals surface area contributed by atoms with Crippen LogP contribution in [0, 0.1) is 11.8 Å². The number of nitrogens with zero attached hydrogens (tertiary/aromatic N) is 1. The zero-order chi connectivity index (χ0) is 27.9. The fourth-order valence-corrected chi connectivity index (χ4v) is 7.32. The Morgan fingerprint density at radius 3 is 2.61 bits per heavy atom. The van der Waals surface area contributed by atoms with E-state index in [1.54, 1.807) is 18.2 Å². The molecule has 41 heavy (non-hydrogen) atoms. The van der Waals surface area contributed by atoms with Gasteiger partial charge >= 0.3 is 0 Å². The van der Waals surface area contributed by atoms with Gasteiger partial charge in [-0.2, -0.15) is 0 Å². The number of fused-ring (bicyclic) bond motifs is 6. The fourth-order valence-electron chi connectivity index (χ4n) is 7.32. The molecule has 3 aromatic carbocycles. The Bertz CT molecular complexity index is 1780. The normalized spacial score (nSPS) is 26.1. The average molecular weight is 549 g/mol. The summed E-state index contributed by atoms with van der Waals surface area (Å²) in [6, 6.07) is 18.4. The van der Waals surface area contributed by atoms with Gasteiger partial charge in [-0.3, -0.25) is 19.7 Å². The van der Waals surface area contributed by atoms with Gasteiger partial charge in [-0.25, -0.2) is 4.90 Å². The maximum Gasteiger partial charge on any atom is 0.250 e. The third-order valence-corrected chi connectivity index (χ3v) is 9.12. The first kappa shape index (κ1) is 24.2. The van der Waals surface area contributed by atoms with Gasteiger partial charge in [0.1, 0.15) is 18.8 Å². The topological polar surface area (TPSA) is 113 Å². The maximum atomic E-state index is 14.4. The molecule has 0 bridgehead atoms. The van der Waals surface area contributed by atoms with E-state index in [1.165, 1.54) is 4.90 Å². The summed E-state index contributed by atoms with van der Waals surface area (Å²) >= 11 is 0. The van der Waals surface area contributed by atoms with Crippen molar-refractivity contribution in [2.45, 2.75) is 31.3 Å². The van der Waals surface area contributed by atoms with Crippen molar-refractivity contribution in [1.82, 2.24) is 10.3 Å². The predicted octanol–water partition coefficient (Wildman–Crippen LogP) is 3.67. The standard InChI is InChI=1S/C32H28N4O5/c1-2-17-6-5-8-21-28(17)34-31(39)32(21)27-26(23(35-32)14-18-16-33-22-9-4-3-7-20(18)22)29(37)36(30(27)38)19-10-11-24-25(15-19)41-13-12-40-24/h3-11,15-16,23,26-27,33,35H,2,12-14H2,1H3,(H,34,39)/t23-,26-,27+,32+/m1/s1. The van der Waals surface area contributed by atoms with E-state index < -0.39 is 29.3 Å². The van der Waals surface area contributed by atoms with E-state index in [-0.39, 0.29) is 11.8 Å². The van der Waals surface area contributed by atoms with Gasteiger partial charge in [-0.15, -0.1) is 0 Å². The highest BCUT2D eigenvalue weighted by Crippen LogP contribution is 2.55. The highest BCUT2D eigenvalue weighted by atomic mass is 16.6. The molecule has 4 aromatic rings. The summed E-state index contributed by atoms with van der Waals surface area (Å²) in [6.45, 7) is 2.86. The molecule has 9 nitrogen and oxygen atoms in total. The van der Waals surface area contributed by atoms with Gasteiger partial charge in [0.25, 0.3) is 0 Å². The lowest BCUT2D eigenvalue weighted by atomic mass is 9.76. The summed E-state index contributed by atoms with van der Waals surface area (Å²) < 4.78 is 11.4. The molecule has 4 aliphatic heterocycles. The molecule has 2 saturated heterocycles. The Hall–Kier alpha value is -4.63. The number of imide groups is 1. The molecule has 1 spiro atoms. The van der Waals surface area contributed by atoms with Crippen molar-refractivity contribution in [1.29, 1.82) is 0 Å². The number of amides is 3. The minimum Gasteiger partial charge on any atom is -0.486 e. The molecule has 3 amide bonds. The van der Waals surface area contributed by atoms with Crippen LogP contribution in [-0.2, 0) is 32.8 Å². The number of carbonyl (C=O) groups is 3. The van der Waals surface area contributed by atoms with E-state index in [0.29, 0.717) is 36.8 Å². The van der Waals surface area contributed by atoms with Crippen LogP contribution in [0.3, 0.4) is 0 Å². The maximum absolute atomic E-state index is 14.4. The first-order valence-electron chi connectivity index (χ1n) is 14.0. The van der Waals surface area contributed by atoms with Crippen LogP contribution in [0.25, 0.3) is 10.9 Å². The van der Waals surface area contributed by atoms with Crippen LogP contribution in [0.5, 0.6) is 11.5 Å². The van der Waals surface area contributed by atoms with Crippen molar-refractivity contribution in [3.63, 3.8) is 0 Å². The molecule has 0 radical (unpaired) electrons. The molecule has 0 aliphatic carbocycles. The molecule has 0 unspecified atom stereocenters. The van der Waals surface area contributed by atoms with Crippen molar-refractivity contribution >= 4 is 40.0 Å². The molecular formula is C32H28N4O5. The molecule has 0 saturated carbocycles. The summed E-state index contributed by atoms with van der Waals surface area (Å²) in [5.74, 6) is -1.60. The molecule has 4 aliphatic rings. The molecule has 206 valence electrons. The third-order valence-electron chi connectivity index (χ3n) is 9.12. The Morgan fingerprint density at radius 1 is 0.927 bits per heavy atom. The summed E-state index contributed by atoms with van der Waals surface area (Å²) in [5.41, 5.74) is 3.52. The van der Waals surface area contributed by atoms with Crippen LogP contribution in [0.2, 0.25) is 0 Å². The summed E-state index contributed by atoms with van der Waals surface area (Å²) in [4.78, 5) is 47.3. The zero-order valence-corrected chi connectivity index (χ0v) is 22.4. The zero-order valence-electron chi connectivity index (χ0n) is 22.4. The van der Waals surface area contributed by atoms with Crippen molar-refractivity contribution in [3.8, 4) is 11.5 Å². The van der Waals surface area contributed by atoms with Crippen molar-refractivity contribution in [3.05, 3.63) is 83.6 Å². The van der Waals surface area contributed by atoms with Gasteiger partial charge in [0.2, 0.25) is 17.7 Å². The van der Waals surface area contributed by atoms with Crippen LogP contribution in [0.1, 0.15) is 23.6 Å². The van der Waals surface area contributed by atoms with Gasteiger partial charge in [0.15, 0.2) is 11.5 Å². The fraction of sp³-hybridized carbons (Fsp3) is 0.281. The van der Waals surface area contributed by atoms with Crippen molar-refractivity contribution < 1.29 is 23.9 Å². The van der Waals surface area contributed by atoms with Gasteiger partial charge in [-0.05, 0) is 42.2 Å². The summed E-state index contributed by atoms with van der Waals surface area (Å²) in [6.07, 6.45) is 3.14. The van der Waals surface area contributed by atoms with Crippen LogP contribution in [0.15, 0.2) is 66.9 Å². The number of aromatic amines is 1. The van der Waals surface area contributed by atoms with E-state index in [2.05, 4.69) is 15.6 Å². The number of nitrogens with one attached hydrogen (secondary N) is 3. The van der Waals surface area contributed by atoms with Gasteiger partial charge in [0, 0.05) is 40.5 Å². The van der Waals surface area contributed by atoms with E-state index in [0.717, 1.165) is 39.7 Å². The minimum atomic E-state index is -1.36. The largest absolute Gasteiger partial charge is 0.486 e. The van der Waals surface area contributed by atoms with E-state index in [9.17, 15) is 14.4 Å². The molecule has 8 rings (SSSR count). The van der Waals surface area contributed by atoms with Crippen molar-refractivity contribution in [2.75, 3.05) is 23.4 Å². The van der Waals surface area contributed by atoms with Crippen molar-refractivity contribution in [2.24, 2.45) is 11.8 Å². The predicted molar refractivity (Wildman–Crippen MR) is 152 cm³/mol. The Kier molecular flexibility index (Phi) is 5.12. The molecule has 9 heteroatoms. The van der Waals surface area contributed by atoms with Gasteiger partial charge in [0.05, 0.1) is 17.5 Å². The lowest BCUT2D eigenvalue weighted by Gasteiger charge is -2.30. The number of aromatic nitrogens is 1. The van der Waals surface area contributed by atoms with E-state index in [1.807, 2.05) is 55.6 Å². The third kappa shape index (κ3) is 3.23. The van der Waals surface area contributed by atoms with Gasteiger partial charge < -0.3 is 19.8 Å². The first-order valence-corrected chi connectivity index (χ1v) is 14.0. The lowest BCUT2D eigenvalue weighted by Crippen LogP contribution is -2.53. The van der Waals surface area contributed by atoms with Gasteiger partial charge in [-0.1, -0.05) is 43.3 Å². The van der Waals surface area contributed by atoms with E-state index >= 15 is 0 Å². The molecule has 5 heterocycles. The highest BCUT2D eigenvalue weighted by molar-refractivity contribution is 6.26. The van der Waals surface area contributed by atoms with Crippen LogP contribution < -0.4 is 25.0 Å². The van der Waals surface area contributed by atoms with Crippen LogP contribution >= 0.6 is 0 Å². The van der Waals surface area contributed by atoms with E-state index in [4.69, 9.17) is 9.47 Å². The monoisotopic (exact) mass is 548 g/mol. The summed E-state index contributed by atoms with van der Waals surface area (Å²) in [5, 5.41) is 7.70. The molecule has 3 N–H and O–H groups in total. The lowest BCUT2D eigenvalue weighted by molar-refractivity contribution is -0.130. The Morgan fingerprint density at radius 2 is 1.76 bits per heavy atom. The Labute approximate surface area is 235 Å². The summed E-state index contributed by atoms with van der Waals surface area (Å²) in [7, 11) is 0. The SMILES string of the molecule is CCc1cccc2c1NC(=O)[C@]21N[C@H](Cc2c[nH]c3ccccc23)[C@H]2C(=O)N(c3ccc4c(c3)OCCO4)C(=O)[C@H]21. The number of H-pyrrole nitrogens is 1. The number of ether oxygens (including phenoxy) is 2. The minimum absolute atomic E-state index is 0.296. The second-order valence-corrected chi connectivity index (χ2v) is 11.1. The second kappa shape index (κ2) is 8.68. The smallest absolute Gasteiger partial charge is 0.250 e. The molecular weight excluding hydrogens is 520 g/mol. The van der Waals surface area contributed by atoms with Crippen LogP contribution in [-0.4, -0.2) is 42.0 Å². The number of aryl methyl sites for hydroxylation is 1. The number of hydrogen-bond acceptors (Lipinski definition) is 6. The quantitative estimate of drug-likeness (QED) is 0.336. The molecule has 2 fully saturated rings. The Balaban J connectivity index is 1.27. The number of para-hydroxylation sites is 2. The first-order chi connectivity index (χ1) is 20.0. The molecule has 1 aromatic heterocycles. The number of benzene rings is 3. The second-order valence-electron chi connectivity index (χ2n) is 11.1. The number of rotatable bonds is 4. The number of anilines is 2. The number of carbonyl (C=O) groups excluding carboxylic acids is 3. The number of hydrogen-bond donors (Lipinski definition) is 3. The van der Waals surface area contributed by atoms with Crippen LogP contribution in [0.4, 0.5) is 11.4 Å². The highest BCUT2D eigenvalue weighted by Gasteiger charge is 2.70. The average Bonchev–Trinajstić information content (AvgIpc) is 3.71.